The Bertz CT molecular complexity index is 1730. The number of aliphatic hydroxyl groups excluding tert-OH is 1. The molecule has 1 aromatic heterocycles. The van der Waals surface area contributed by atoms with Crippen molar-refractivity contribution in [3.63, 3.8) is 0 Å². The minimum absolute atomic E-state index is 0.0350. The summed E-state index contributed by atoms with van der Waals surface area (Å²) in [6, 6.07) is 11.4. The number of hydrogen-bond acceptors (Lipinski definition) is 6. The highest BCUT2D eigenvalue weighted by molar-refractivity contribution is 6.08. The molecule has 3 aromatic rings. The number of carbonyl (C=O) groups is 3. The summed E-state index contributed by atoms with van der Waals surface area (Å²) in [7, 11) is 3.34. The lowest BCUT2D eigenvalue weighted by molar-refractivity contribution is -0.671. The number of β-lactam (4-membered cyclic amide) rings is 1. The zero-order chi connectivity index (χ0) is 31.3. The first-order valence-electron chi connectivity index (χ1n) is 14.8. The molecule has 4 atom stereocenters. The maximum atomic E-state index is 12.8. The summed E-state index contributed by atoms with van der Waals surface area (Å²) in [4.78, 5) is 38.8. The Morgan fingerprint density at radius 2 is 1.95 bits per heavy atom. The highest BCUT2D eigenvalue weighted by Gasteiger charge is 2.59. The molecule has 3 heterocycles. The van der Waals surface area contributed by atoms with Crippen LogP contribution in [0.1, 0.15) is 37.0 Å². The number of aryl methyl sites for hydroxylation is 3. The molecule has 44 heavy (non-hydrogen) atoms. The van der Waals surface area contributed by atoms with Crippen molar-refractivity contribution in [2.24, 2.45) is 18.9 Å². The Balaban J connectivity index is 1.30. The number of aromatic nitrogens is 2. The Morgan fingerprint density at radius 3 is 2.64 bits per heavy atom. The summed E-state index contributed by atoms with van der Waals surface area (Å²) in [5.41, 5.74) is 5.76. The van der Waals surface area contributed by atoms with E-state index in [0.717, 1.165) is 52.8 Å². The van der Waals surface area contributed by atoms with Crippen molar-refractivity contribution in [2.45, 2.75) is 45.4 Å². The van der Waals surface area contributed by atoms with Crippen LogP contribution in [-0.4, -0.2) is 63.4 Å². The molecule has 6 rings (SSSR count). The molecule has 10 heteroatoms. The third kappa shape index (κ3) is 4.89. The number of rotatable bonds is 10. The van der Waals surface area contributed by atoms with Crippen LogP contribution in [0.4, 0.5) is 0 Å². The number of amides is 1. The van der Waals surface area contributed by atoms with E-state index in [-0.39, 0.29) is 24.1 Å². The number of hydrogen-bond donors (Lipinski definition) is 2. The Kier molecular flexibility index (Phi) is 7.63. The van der Waals surface area contributed by atoms with Gasteiger partial charge < -0.3 is 24.6 Å². The molecule has 1 amide bonds. The van der Waals surface area contributed by atoms with Crippen molar-refractivity contribution in [1.82, 2.24) is 9.47 Å². The Hall–Kier alpha value is -4.70. The van der Waals surface area contributed by atoms with E-state index in [4.69, 9.17) is 9.47 Å². The van der Waals surface area contributed by atoms with Gasteiger partial charge in [-0.25, -0.2) is 18.7 Å². The maximum absolute atomic E-state index is 12.8. The van der Waals surface area contributed by atoms with Crippen LogP contribution in [-0.2, 0) is 39.1 Å². The van der Waals surface area contributed by atoms with E-state index in [0.29, 0.717) is 11.3 Å². The van der Waals surface area contributed by atoms with E-state index < -0.39 is 30.0 Å². The number of ether oxygens (including phenoxy) is 2. The second kappa shape index (κ2) is 11.4. The van der Waals surface area contributed by atoms with E-state index in [1.807, 2.05) is 61.5 Å². The third-order valence-corrected chi connectivity index (χ3v) is 9.03. The molecular weight excluding hydrogens is 562 g/mol. The normalized spacial score (nSPS) is 21.6. The fraction of sp³-hybridized carbons (Fsp3) is 0.353. The molecule has 2 aromatic carbocycles. The van der Waals surface area contributed by atoms with E-state index >= 15 is 0 Å². The number of esters is 1. The van der Waals surface area contributed by atoms with Crippen LogP contribution in [0.3, 0.4) is 0 Å². The van der Waals surface area contributed by atoms with Gasteiger partial charge in [0.15, 0.2) is 0 Å². The summed E-state index contributed by atoms with van der Waals surface area (Å²) in [6.45, 7) is 4.27. The molecular formula is C34H36N3O7+. The molecule has 228 valence electrons. The van der Waals surface area contributed by atoms with Gasteiger partial charge in [0.05, 0.1) is 38.8 Å². The number of carboxylic acid groups (broad SMARTS) is 1. The molecule has 0 saturated carbocycles. The quantitative estimate of drug-likeness (QED) is 0.125. The van der Waals surface area contributed by atoms with E-state index in [1.54, 1.807) is 6.92 Å². The van der Waals surface area contributed by atoms with Crippen molar-refractivity contribution < 1.29 is 38.6 Å². The van der Waals surface area contributed by atoms with Crippen molar-refractivity contribution in [1.29, 1.82) is 0 Å². The minimum atomic E-state index is -1.19. The molecule has 1 fully saturated rings. The molecule has 10 nitrogen and oxygen atoms in total. The van der Waals surface area contributed by atoms with Crippen LogP contribution in [0.2, 0.25) is 0 Å². The molecule has 3 aliphatic rings. The molecule has 0 bridgehead atoms. The molecule has 1 saturated heterocycles. The maximum Gasteiger partial charge on any atom is 0.352 e. The molecule has 1 aliphatic carbocycles. The van der Waals surface area contributed by atoms with Crippen molar-refractivity contribution in [2.75, 3.05) is 13.7 Å². The van der Waals surface area contributed by atoms with Crippen LogP contribution >= 0.6 is 0 Å². The number of methoxy groups -OCH3 is 1. The van der Waals surface area contributed by atoms with Gasteiger partial charge in [-0.05, 0) is 53.7 Å². The van der Waals surface area contributed by atoms with Gasteiger partial charge in [-0.1, -0.05) is 37.3 Å². The second-order valence-corrected chi connectivity index (χ2v) is 11.8. The first-order chi connectivity index (χ1) is 21.1. The van der Waals surface area contributed by atoms with E-state index in [9.17, 15) is 24.6 Å². The van der Waals surface area contributed by atoms with E-state index in [2.05, 4.69) is 16.7 Å². The van der Waals surface area contributed by atoms with Crippen LogP contribution in [0.5, 0.6) is 5.75 Å². The number of carbonyl (C=O) groups excluding carboxylic acids is 2. The number of aliphatic hydroxyl groups is 1. The predicted molar refractivity (Wildman–Crippen MR) is 160 cm³/mol. The third-order valence-electron chi connectivity index (χ3n) is 9.03. The van der Waals surface area contributed by atoms with Crippen LogP contribution in [0.15, 0.2) is 72.5 Å². The second-order valence-electron chi connectivity index (χ2n) is 11.8. The summed E-state index contributed by atoms with van der Waals surface area (Å²) in [5.74, 6) is -2.43. The van der Waals surface area contributed by atoms with Crippen LogP contribution in [0.25, 0.3) is 16.7 Å². The fourth-order valence-corrected chi connectivity index (χ4v) is 6.91. The zero-order valence-electron chi connectivity index (χ0n) is 25.2. The summed E-state index contributed by atoms with van der Waals surface area (Å²) in [6.07, 6.45) is 8.52. The zero-order valence-corrected chi connectivity index (χ0v) is 25.2. The number of aliphatic carboxylic acids is 1. The number of carboxylic acids is 1. The smallest absolute Gasteiger partial charge is 0.352 e. The van der Waals surface area contributed by atoms with Gasteiger partial charge in [-0.3, -0.25) is 4.79 Å². The van der Waals surface area contributed by atoms with Gasteiger partial charge in [-0.2, -0.15) is 0 Å². The van der Waals surface area contributed by atoms with Crippen molar-refractivity contribution in [3.05, 3.63) is 89.2 Å². The van der Waals surface area contributed by atoms with Gasteiger partial charge in [-0.15, -0.1) is 0 Å². The number of nitrogens with zero attached hydrogens (tertiary/aromatic N) is 3. The first-order valence-corrected chi connectivity index (χ1v) is 14.8. The first kappa shape index (κ1) is 29.4. The SMILES string of the molecule is COC(=O)/C=C1/c2cc(CCCn3cc[n+](C)c3)ccc2-c2c(OCC3=C(C(=O)O)N4C(=O)C(C(C)O)C4[C@H]3C)cccc21. The Labute approximate surface area is 255 Å². The van der Waals surface area contributed by atoms with Crippen molar-refractivity contribution in [3.8, 4) is 16.9 Å². The molecule has 0 radical (unpaired) electrons. The lowest BCUT2D eigenvalue weighted by atomic mass is 9.78. The largest absolute Gasteiger partial charge is 0.488 e. The number of imidazole rings is 1. The number of fused-ring (bicyclic) bond motifs is 4. The summed E-state index contributed by atoms with van der Waals surface area (Å²) in [5, 5.41) is 20.2. The molecule has 3 unspecified atom stereocenters. The lowest BCUT2D eigenvalue weighted by Crippen LogP contribution is -2.63. The number of benzene rings is 2. The standard InChI is InChI=1S/C34H35N3O7/c1-19-26(32(34(41)42)37-31(19)29(20(2)38)33(37)40)17-44-27-9-5-8-22-25(16-28(39)43-4)24-15-21(10-11-23(24)30(22)27)7-6-12-36-14-13-35(3)18-36/h5,8-11,13-16,18-20,29,31,38H,6-7,12,17H2,1-4H3/p+1/b25-16+/t19-,20?,29?,31?/m0/s1. The predicted octanol–water partition coefficient (Wildman–Crippen LogP) is 3.11. The van der Waals surface area contributed by atoms with Gasteiger partial charge in [0.25, 0.3) is 0 Å². The fourth-order valence-electron chi connectivity index (χ4n) is 6.91. The van der Waals surface area contributed by atoms with Gasteiger partial charge in [0, 0.05) is 23.1 Å². The summed E-state index contributed by atoms with van der Waals surface area (Å²) < 4.78 is 15.5. The van der Waals surface area contributed by atoms with Gasteiger partial charge in [0.2, 0.25) is 12.2 Å². The molecule has 2 aliphatic heterocycles. The van der Waals surface area contributed by atoms with Crippen molar-refractivity contribution >= 4 is 23.4 Å². The van der Waals surface area contributed by atoms with Crippen LogP contribution < -0.4 is 9.30 Å². The van der Waals surface area contributed by atoms with Gasteiger partial charge in [0.1, 0.15) is 30.4 Å². The topological polar surface area (TPSA) is 122 Å². The monoisotopic (exact) mass is 598 g/mol. The lowest BCUT2D eigenvalue weighted by Gasteiger charge is -2.46. The molecule has 2 N–H and O–H groups in total. The highest BCUT2D eigenvalue weighted by atomic mass is 16.5. The Morgan fingerprint density at radius 1 is 1.16 bits per heavy atom. The molecule has 0 spiro atoms. The highest BCUT2D eigenvalue weighted by Crippen LogP contribution is 2.50. The minimum Gasteiger partial charge on any atom is -0.488 e. The average Bonchev–Trinajstić information content (AvgIpc) is 3.62. The van der Waals surface area contributed by atoms with Crippen LogP contribution in [0, 0.1) is 11.8 Å². The van der Waals surface area contributed by atoms with E-state index in [1.165, 1.54) is 18.1 Å². The summed E-state index contributed by atoms with van der Waals surface area (Å²) >= 11 is 0. The average molecular weight is 599 g/mol. The van der Waals surface area contributed by atoms with Gasteiger partial charge >= 0.3 is 11.9 Å².